The Morgan fingerprint density at radius 3 is 2.38 bits per heavy atom. The fourth-order valence-corrected chi connectivity index (χ4v) is 1.60. The minimum Gasteiger partial charge on any atom is -0.399 e. The van der Waals surface area contributed by atoms with Crippen molar-refractivity contribution in [1.29, 1.82) is 0 Å². The van der Waals surface area contributed by atoms with E-state index in [4.69, 9.17) is 11.5 Å². The monoisotopic (exact) mass is 175 g/mol. The van der Waals surface area contributed by atoms with Crippen LogP contribution >= 0.6 is 0 Å². The topological polar surface area (TPSA) is 64.4 Å². The van der Waals surface area contributed by atoms with Crippen LogP contribution < -0.4 is 11.5 Å². The van der Waals surface area contributed by atoms with Gasteiger partial charge in [0, 0.05) is 24.6 Å². The first-order chi connectivity index (χ1) is 6.25. The zero-order valence-corrected chi connectivity index (χ0v) is 7.40. The van der Waals surface area contributed by atoms with E-state index in [1.54, 1.807) is 0 Å². The molecular weight excluding hydrogens is 162 g/mol. The number of nitrogen functional groups attached to an aromatic ring is 1. The third kappa shape index (κ3) is 1.64. The van der Waals surface area contributed by atoms with E-state index in [0.29, 0.717) is 5.92 Å². The van der Waals surface area contributed by atoms with Gasteiger partial charge in [0.1, 0.15) is 0 Å². The van der Waals surface area contributed by atoms with Crippen LogP contribution in [0.3, 0.4) is 0 Å². The molecule has 3 nitrogen and oxygen atoms in total. The van der Waals surface area contributed by atoms with Crippen LogP contribution in [-0.2, 0) is 0 Å². The Morgan fingerprint density at radius 1 is 1.15 bits per heavy atom. The van der Waals surface area contributed by atoms with E-state index in [2.05, 4.69) is 4.99 Å². The average Bonchev–Trinajstić information content (AvgIpc) is 2.53. The average molecular weight is 175 g/mol. The van der Waals surface area contributed by atoms with Crippen LogP contribution in [0, 0.1) is 0 Å². The van der Waals surface area contributed by atoms with E-state index in [-0.39, 0.29) is 0 Å². The highest BCUT2D eigenvalue weighted by Gasteiger charge is 2.17. The van der Waals surface area contributed by atoms with Gasteiger partial charge in [0.25, 0.3) is 0 Å². The Labute approximate surface area is 77.5 Å². The van der Waals surface area contributed by atoms with Gasteiger partial charge in [0.15, 0.2) is 0 Å². The molecule has 0 spiro atoms. The normalized spacial score (nSPS) is 21.5. The van der Waals surface area contributed by atoms with Gasteiger partial charge >= 0.3 is 0 Å². The molecule has 0 saturated heterocycles. The van der Waals surface area contributed by atoms with Crippen LogP contribution in [0.15, 0.2) is 29.3 Å². The second kappa shape index (κ2) is 3.09. The maximum atomic E-state index is 5.62. The first-order valence-corrected chi connectivity index (χ1v) is 4.40. The number of rotatable bonds is 1. The van der Waals surface area contributed by atoms with Crippen molar-refractivity contribution in [2.45, 2.75) is 12.3 Å². The van der Waals surface area contributed by atoms with Crippen molar-refractivity contribution in [2.75, 3.05) is 12.3 Å². The molecule has 0 aromatic heterocycles. The number of anilines is 1. The molecule has 0 aliphatic carbocycles. The lowest BCUT2D eigenvalue weighted by Crippen LogP contribution is -2.09. The molecule has 4 N–H and O–H groups in total. The van der Waals surface area contributed by atoms with Gasteiger partial charge in [-0.1, -0.05) is 12.1 Å². The Morgan fingerprint density at radius 2 is 1.85 bits per heavy atom. The summed E-state index contributed by atoms with van der Waals surface area (Å²) in [6.07, 6.45) is 0.879. The van der Waals surface area contributed by atoms with Crippen LogP contribution in [-0.4, -0.2) is 12.4 Å². The molecule has 1 aliphatic heterocycles. The number of hydrogen-bond acceptors (Lipinski definition) is 3. The van der Waals surface area contributed by atoms with E-state index >= 15 is 0 Å². The summed E-state index contributed by atoms with van der Waals surface area (Å²) in [6, 6.07) is 7.94. The molecule has 1 aliphatic rings. The molecular formula is C10H13N3. The van der Waals surface area contributed by atoms with Gasteiger partial charge in [0.05, 0.1) is 5.84 Å². The second-order valence-electron chi connectivity index (χ2n) is 3.40. The molecule has 0 saturated carbocycles. The van der Waals surface area contributed by atoms with E-state index in [9.17, 15) is 0 Å². The van der Waals surface area contributed by atoms with Gasteiger partial charge in [-0.3, -0.25) is 4.99 Å². The van der Waals surface area contributed by atoms with Crippen LogP contribution in [0.25, 0.3) is 0 Å². The second-order valence-corrected chi connectivity index (χ2v) is 3.40. The number of aliphatic imine (C=N–C) groups is 1. The Hall–Kier alpha value is -1.51. The molecule has 1 atom stereocenters. The molecule has 0 fully saturated rings. The first kappa shape index (κ1) is 8.10. The van der Waals surface area contributed by atoms with Crippen molar-refractivity contribution in [1.82, 2.24) is 0 Å². The van der Waals surface area contributed by atoms with Crippen molar-refractivity contribution in [3.8, 4) is 0 Å². The zero-order chi connectivity index (χ0) is 9.26. The number of nitrogens with two attached hydrogens (primary N) is 2. The number of nitrogens with zero attached hydrogens (tertiary/aromatic N) is 1. The van der Waals surface area contributed by atoms with E-state index in [1.165, 1.54) is 5.56 Å². The Bertz CT molecular complexity index is 327. The highest BCUT2D eigenvalue weighted by molar-refractivity contribution is 5.83. The van der Waals surface area contributed by atoms with Crippen LogP contribution in [0.2, 0.25) is 0 Å². The van der Waals surface area contributed by atoms with E-state index in [1.807, 2.05) is 24.3 Å². The summed E-state index contributed by atoms with van der Waals surface area (Å²) in [5, 5.41) is 0. The zero-order valence-electron chi connectivity index (χ0n) is 7.40. The lowest BCUT2D eigenvalue weighted by molar-refractivity contribution is 0.778. The fraction of sp³-hybridized carbons (Fsp3) is 0.300. The summed E-state index contributed by atoms with van der Waals surface area (Å²) in [5.41, 5.74) is 13.3. The molecule has 1 aromatic rings. The van der Waals surface area contributed by atoms with Crippen molar-refractivity contribution in [3.05, 3.63) is 29.8 Å². The third-order valence-electron chi connectivity index (χ3n) is 2.38. The van der Waals surface area contributed by atoms with Crippen LogP contribution in [0.1, 0.15) is 17.9 Å². The number of amidine groups is 1. The minimum absolute atomic E-state index is 0.459. The summed E-state index contributed by atoms with van der Waals surface area (Å²) in [6.45, 7) is 0.815. The Kier molecular flexibility index (Phi) is 1.93. The predicted octanol–water partition coefficient (Wildman–Crippen LogP) is 1.11. The maximum Gasteiger partial charge on any atom is 0.0944 e. The fourth-order valence-electron chi connectivity index (χ4n) is 1.60. The first-order valence-electron chi connectivity index (χ1n) is 4.40. The highest BCUT2D eigenvalue weighted by atomic mass is 14.9. The minimum atomic E-state index is 0.459. The molecule has 0 amide bonds. The van der Waals surface area contributed by atoms with Crippen molar-refractivity contribution < 1.29 is 0 Å². The number of hydrogen-bond donors (Lipinski definition) is 2. The van der Waals surface area contributed by atoms with Gasteiger partial charge in [-0.2, -0.15) is 0 Å². The van der Waals surface area contributed by atoms with Gasteiger partial charge in [-0.05, 0) is 17.7 Å². The van der Waals surface area contributed by atoms with Crippen LogP contribution in [0.5, 0.6) is 0 Å². The third-order valence-corrected chi connectivity index (χ3v) is 2.38. The van der Waals surface area contributed by atoms with Gasteiger partial charge in [0.2, 0.25) is 0 Å². The molecule has 0 bridgehead atoms. The SMILES string of the molecule is NC1=NCC(c2ccc(N)cc2)C1. The summed E-state index contributed by atoms with van der Waals surface area (Å²) in [5.74, 6) is 1.22. The van der Waals surface area contributed by atoms with E-state index < -0.39 is 0 Å². The molecule has 13 heavy (non-hydrogen) atoms. The molecule has 2 rings (SSSR count). The predicted molar refractivity (Wildman–Crippen MR) is 54.7 cm³/mol. The lowest BCUT2D eigenvalue weighted by Gasteiger charge is -2.08. The van der Waals surface area contributed by atoms with Gasteiger partial charge in [-0.15, -0.1) is 0 Å². The highest BCUT2D eigenvalue weighted by Crippen LogP contribution is 2.24. The number of benzene rings is 1. The molecule has 0 radical (unpaired) electrons. The summed E-state index contributed by atoms with van der Waals surface area (Å²) in [7, 11) is 0. The lowest BCUT2D eigenvalue weighted by atomic mass is 9.97. The quantitative estimate of drug-likeness (QED) is 0.628. The molecule has 1 unspecified atom stereocenters. The van der Waals surface area contributed by atoms with Gasteiger partial charge < -0.3 is 11.5 Å². The standard InChI is InChI=1S/C10H13N3/c11-9-3-1-7(2-4-9)8-5-10(12)13-6-8/h1-4,8H,5-6,11H2,(H2,12,13). The largest absolute Gasteiger partial charge is 0.399 e. The summed E-state index contributed by atoms with van der Waals surface area (Å²) < 4.78 is 0. The van der Waals surface area contributed by atoms with Crippen molar-refractivity contribution in [3.63, 3.8) is 0 Å². The molecule has 1 aromatic carbocycles. The summed E-state index contributed by atoms with van der Waals surface area (Å²) >= 11 is 0. The van der Waals surface area contributed by atoms with Crippen molar-refractivity contribution >= 4 is 11.5 Å². The smallest absolute Gasteiger partial charge is 0.0944 e. The van der Waals surface area contributed by atoms with E-state index in [0.717, 1.165) is 24.5 Å². The van der Waals surface area contributed by atoms with Crippen LogP contribution in [0.4, 0.5) is 5.69 Å². The molecule has 68 valence electrons. The van der Waals surface area contributed by atoms with Crippen molar-refractivity contribution in [2.24, 2.45) is 10.7 Å². The Balaban J connectivity index is 2.14. The summed E-state index contributed by atoms with van der Waals surface area (Å²) in [4.78, 5) is 4.18. The molecule has 3 heteroatoms. The van der Waals surface area contributed by atoms with Gasteiger partial charge in [-0.25, -0.2) is 0 Å². The maximum absolute atomic E-state index is 5.62. The molecule has 1 heterocycles.